The lowest BCUT2D eigenvalue weighted by atomic mass is 9.35. The van der Waals surface area contributed by atoms with Crippen LogP contribution in [0.3, 0.4) is 0 Å². The largest absolute Gasteiger partial charge is 0.438 e. The second-order valence-corrected chi connectivity index (χ2v) is 17.2. The van der Waals surface area contributed by atoms with Crippen LogP contribution < -0.4 is 25.9 Å². The SMILES string of the molecule is CC1(C)CCC(C)(C)c2cc(-c3nccc4c3Oc3ncnc5c3B4c3ccnc(-c4ccc6c(c4)C(C)(C)CCC6(C)C)c3O5)ccc21. The van der Waals surface area contributed by atoms with Crippen LogP contribution in [0.5, 0.6) is 23.3 Å². The van der Waals surface area contributed by atoms with E-state index in [4.69, 9.17) is 19.4 Å². The highest BCUT2D eigenvalue weighted by atomic mass is 16.5. The van der Waals surface area contributed by atoms with Gasteiger partial charge in [0.1, 0.15) is 17.7 Å². The summed E-state index contributed by atoms with van der Waals surface area (Å²) in [4.78, 5) is 19.2. The summed E-state index contributed by atoms with van der Waals surface area (Å²) in [7, 11) is 0. The molecule has 6 nitrogen and oxygen atoms in total. The lowest BCUT2D eigenvalue weighted by molar-refractivity contribution is 0.332. The summed E-state index contributed by atoms with van der Waals surface area (Å²) in [6.07, 6.45) is 9.99. The van der Waals surface area contributed by atoms with Gasteiger partial charge in [-0.25, -0.2) is 9.97 Å². The van der Waals surface area contributed by atoms with Gasteiger partial charge in [0.05, 0.1) is 5.46 Å². The minimum absolute atomic E-state index is 0.0794. The van der Waals surface area contributed by atoms with E-state index in [1.54, 1.807) is 0 Å². The van der Waals surface area contributed by atoms with Crippen molar-refractivity contribution in [2.75, 3.05) is 0 Å². The van der Waals surface area contributed by atoms with Crippen molar-refractivity contribution in [1.29, 1.82) is 0 Å². The van der Waals surface area contributed by atoms with Gasteiger partial charge in [0.2, 0.25) is 11.8 Å². The molecule has 0 saturated carbocycles. The molecule has 0 unspecified atom stereocenters. The third-order valence-electron chi connectivity index (χ3n) is 12.2. The van der Waals surface area contributed by atoms with Crippen LogP contribution in [0.2, 0.25) is 0 Å². The van der Waals surface area contributed by atoms with Gasteiger partial charge in [-0.15, -0.1) is 0 Å². The molecule has 0 amide bonds. The minimum Gasteiger partial charge on any atom is -0.438 e. The second kappa shape index (κ2) is 10.0. The van der Waals surface area contributed by atoms with Crippen LogP contribution in [-0.4, -0.2) is 26.6 Å². The Morgan fingerprint density at radius 1 is 0.510 bits per heavy atom. The standard InChI is InChI=1S/C42H43BN4O2/c1-39(2)15-17-41(5,6)28-21-24(9-11-26(28)39)33-35-30(13-19-44-33)43-31-14-20-45-34(36(31)49-38-32(43)37(48-35)46-23-47-38)25-10-12-27-29(22-25)42(7,8)18-16-40(27,3)4/h9-14,19-23H,15-18H2,1-8H3. The Hall–Kier alpha value is -4.52. The van der Waals surface area contributed by atoms with E-state index < -0.39 is 0 Å². The molecule has 0 atom stereocenters. The molecule has 0 spiro atoms. The third-order valence-corrected chi connectivity index (χ3v) is 12.2. The van der Waals surface area contributed by atoms with Gasteiger partial charge in [-0.05, 0) is 105 Å². The molecular weight excluding hydrogens is 603 g/mol. The van der Waals surface area contributed by atoms with E-state index in [2.05, 4.69) is 114 Å². The quantitative estimate of drug-likeness (QED) is 0.177. The fourth-order valence-electron chi connectivity index (χ4n) is 8.92. The molecule has 0 N–H and O–H groups in total. The third kappa shape index (κ3) is 4.46. The average Bonchev–Trinajstić information content (AvgIpc) is 3.08. The van der Waals surface area contributed by atoms with E-state index in [1.165, 1.54) is 41.4 Å². The zero-order valence-electron chi connectivity index (χ0n) is 29.9. The number of nitrogens with zero attached hydrogens (tertiary/aromatic N) is 4. The van der Waals surface area contributed by atoms with Crippen molar-refractivity contribution in [3.63, 3.8) is 0 Å². The van der Waals surface area contributed by atoms with Gasteiger partial charge >= 0.3 is 0 Å². The molecule has 2 aliphatic carbocycles. The van der Waals surface area contributed by atoms with Gasteiger partial charge in [0.15, 0.2) is 11.5 Å². The smallest absolute Gasteiger partial charge is 0.265 e. The Balaban J connectivity index is 1.21. The van der Waals surface area contributed by atoms with Gasteiger partial charge in [0.25, 0.3) is 6.71 Å². The van der Waals surface area contributed by atoms with Crippen LogP contribution in [0.4, 0.5) is 0 Å². The Kier molecular flexibility index (Phi) is 6.25. The molecule has 0 fully saturated rings. The number of hydrogen-bond donors (Lipinski definition) is 0. The van der Waals surface area contributed by atoms with Crippen LogP contribution >= 0.6 is 0 Å². The molecule has 2 aliphatic heterocycles. The number of rotatable bonds is 2. The highest BCUT2D eigenvalue weighted by molar-refractivity contribution is 6.98. The maximum absolute atomic E-state index is 6.67. The summed E-state index contributed by atoms with van der Waals surface area (Å²) >= 11 is 0. The molecule has 5 heterocycles. The van der Waals surface area contributed by atoms with Gasteiger partial charge < -0.3 is 9.47 Å². The molecule has 5 aromatic rings. The summed E-state index contributed by atoms with van der Waals surface area (Å²) in [6.45, 7) is 18.7. The zero-order valence-corrected chi connectivity index (χ0v) is 29.9. The van der Waals surface area contributed by atoms with Crippen molar-refractivity contribution in [3.8, 4) is 45.8 Å². The summed E-state index contributed by atoms with van der Waals surface area (Å²) in [6, 6.07) is 17.9. The maximum atomic E-state index is 6.67. The topological polar surface area (TPSA) is 70.0 Å². The zero-order chi connectivity index (χ0) is 34.1. The molecule has 2 aromatic carbocycles. The van der Waals surface area contributed by atoms with Gasteiger partial charge in [-0.1, -0.05) is 79.7 Å². The second-order valence-electron chi connectivity index (χ2n) is 17.2. The van der Waals surface area contributed by atoms with Crippen LogP contribution in [-0.2, 0) is 21.7 Å². The van der Waals surface area contributed by atoms with Gasteiger partial charge in [0, 0.05) is 23.5 Å². The molecule has 0 bridgehead atoms. The van der Waals surface area contributed by atoms with E-state index in [-0.39, 0.29) is 28.4 Å². The Morgan fingerprint density at radius 3 is 1.35 bits per heavy atom. The van der Waals surface area contributed by atoms with Crippen LogP contribution in [0, 0.1) is 0 Å². The lowest BCUT2D eigenvalue weighted by Gasteiger charge is -2.42. The highest BCUT2D eigenvalue weighted by Crippen LogP contribution is 2.49. The molecule has 4 aliphatic rings. The van der Waals surface area contributed by atoms with Crippen molar-refractivity contribution in [2.45, 2.75) is 103 Å². The molecule has 7 heteroatoms. The number of benzene rings is 2. The van der Waals surface area contributed by atoms with Crippen molar-refractivity contribution in [1.82, 2.24) is 19.9 Å². The van der Waals surface area contributed by atoms with E-state index in [0.717, 1.165) is 63.2 Å². The Morgan fingerprint density at radius 2 is 0.918 bits per heavy atom. The molecular formula is C42H43BN4O2. The number of aromatic nitrogens is 4. The first-order chi connectivity index (χ1) is 23.3. The average molecular weight is 647 g/mol. The van der Waals surface area contributed by atoms with E-state index >= 15 is 0 Å². The number of pyridine rings is 2. The van der Waals surface area contributed by atoms with E-state index in [9.17, 15) is 0 Å². The monoisotopic (exact) mass is 646 g/mol. The number of fused-ring (bicyclic) bond motifs is 6. The van der Waals surface area contributed by atoms with E-state index in [1.807, 2.05) is 12.4 Å². The molecule has 3 aromatic heterocycles. The van der Waals surface area contributed by atoms with Crippen LogP contribution in [0.15, 0.2) is 67.3 Å². The van der Waals surface area contributed by atoms with Crippen molar-refractivity contribution in [3.05, 3.63) is 89.5 Å². The predicted molar refractivity (Wildman–Crippen MR) is 197 cm³/mol. The minimum atomic E-state index is -0.191. The lowest BCUT2D eigenvalue weighted by Crippen LogP contribution is -2.58. The first kappa shape index (κ1) is 30.5. The van der Waals surface area contributed by atoms with Crippen molar-refractivity contribution >= 4 is 23.1 Å². The van der Waals surface area contributed by atoms with Crippen molar-refractivity contribution in [2.24, 2.45) is 0 Å². The number of hydrogen-bond acceptors (Lipinski definition) is 6. The summed E-state index contributed by atoms with van der Waals surface area (Å²) in [5.74, 6) is 2.50. The van der Waals surface area contributed by atoms with Crippen molar-refractivity contribution < 1.29 is 9.47 Å². The van der Waals surface area contributed by atoms with E-state index in [0.29, 0.717) is 11.8 Å². The Labute approximate surface area is 289 Å². The van der Waals surface area contributed by atoms with Gasteiger partial charge in [-0.3, -0.25) is 9.97 Å². The summed E-state index contributed by atoms with van der Waals surface area (Å²) < 4.78 is 13.3. The Bertz CT molecular complexity index is 2070. The normalized spacial score (nSPS) is 19.6. The molecule has 246 valence electrons. The summed E-state index contributed by atoms with van der Waals surface area (Å²) in [5, 5.41) is 0. The molecule has 49 heavy (non-hydrogen) atoms. The fourth-order valence-corrected chi connectivity index (χ4v) is 8.92. The van der Waals surface area contributed by atoms with Crippen LogP contribution in [0.25, 0.3) is 22.5 Å². The molecule has 0 saturated heterocycles. The fraction of sp³-hybridized carbons (Fsp3) is 0.381. The molecule has 9 rings (SSSR count). The highest BCUT2D eigenvalue weighted by Gasteiger charge is 2.45. The first-order valence-corrected chi connectivity index (χ1v) is 17.7. The first-order valence-electron chi connectivity index (χ1n) is 17.7. The maximum Gasteiger partial charge on any atom is 0.265 e. The predicted octanol–water partition coefficient (Wildman–Crippen LogP) is 8.03. The summed E-state index contributed by atoms with van der Waals surface area (Å²) in [5.41, 5.74) is 12.7. The number of ether oxygens (including phenoxy) is 2. The van der Waals surface area contributed by atoms with Gasteiger partial charge in [-0.2, -0.15) is 0 Å². The molecule has 0 radical (unpaired) electrons. The van der Waals surface area contributed by atoms with Crippen LogP contribution in [0.1, 0.15) is 103 Å².